The SMILES string of the molecule is CCn1cc(C2CCN(C(=O)[C@H]3CCC[C@@H]3N)CC2)cn1. The van der Waals surface area contributed by atoms with Gasteiger partial charge in [-0.3, -0.25) is 9.48 Å². The van der Waals surface area contributed by atoms with Gasteiger partial charge >= 0.3 is 0 Å². The van der Waals surface area contributed by atoms with E-state index in [-0.39, 0.29) is 12.0 Å². The molecule has 1 aliphatic heterocycles. The first-order valence-electron chi connectivity index (χ1n) is 8.25. The molecule has 2 N–H and O–H groups in total. The molecule has 1 aromatic heterocycles. The number of carbonyl (C=O) groups excluding carboxylic acids is 1. The third-order valence-electron chi connectivity index (χ3n) is 5.14. The van der Waals surface area contributed by atoms with E-state index in [9.17, 15) is 4.79 Å². The third-order valence-corrected chi connectivity index (χ3v) is 5.14. The highest BCUT2D eigenvalue weighted by molar-refractivity contribution is 5.80. The molecule has 2 fully saturated rings. The summed E-state index contributed by atoms with van der Waals surface area (Å²) in [5, 5.41) is 4.36. The molecule has 1 aliphatic carbocycles. The largest absolute Gasteiger partial charge is 0.342 e. The summed E-state index contributed by atoms with van der Waals surface area (Å²) in [7, 11) is 0. The Morgan fingerprint density at radius 2 is 2.10 bits per heavy atom. The van der Waals surface area contributed by atoms with Crippen LogP contribution in [0, 0.1) is 5.92 Å². The lowest BCUT2D eigenvalue weighted by atomic mass is 9.90. The van der Waals surface area contributed by atoms with E-state index < -0.39 is 0 Å². The molecule has 1 saturated carbocycles. The molecule has 1 aromatic rings. The fraction of sp³-hybridized carbons (Fsp3) is 0.750. The van der Waals surface area contributed by atoms with Crippen molar-refractivity contribution < 1.29 is 4.79 Å². The Labute approximate surface area is 126 Å². The maximum absolute atomic E-state index is 12.5. The topological polar surface area (TPSA) is 64.2 Å². The van der Waals surface area contributed by atoms with Crippen LogP contribution in [-0.2, 0) is 11.3 Å². The second-order valence-corrected chi connectivity index (χ2v) is 6.43. The maximum Gasteiger partial charge on any atom is 0.227 e. The van der Waals surface area contributed by atoms with Gasteiger partial charge in [0, 0.05) is 31.9 Å². The minimum absolute atomic E-state index is 0.0735. The molecule has 5 nitrogen and oxygen atoms in total. The van der Waals surface area contributed by atoms with Crippen molar-refractivity contribution in [2.75, 3.05) is 13.1 Å². The van der Waals surface area contributed by atoms with Gasteiger partial charge in [-0.2, -0.15) is 5.10 Å². The Morgan fingerprint density at radius 3 is 2.67 bits per heavy atom. The lowest BCUT2D eigenvalue weighted by Gasteiger charge is -2.34. The van der Waals surface area contributed by atoms with Crippen LogP contribution in [0.4, 0.5) is 0 Å². The van der Waals surface area contributed by atoms with Gasteiger partial charge in [0.15, 0.2) is 0 Å². The molecule has 0 bridgehead atoms. The highest BCUT2D eigenvalue weighted by Gasteiger charge is 2.35. The van der Waals surface area contributed by atoms with Gasteiger partial charge in [0.05, 0.1) is 12.1 Å². The zero-order chi connectivity index (χ0) is 14.8. The summed E-state index contributed by atoms with van der Waals surface area (Å²) in [6, 6.07) is 0.0815. The highest BCUT2D eigenvalue weighted by atomic mass is 16.2. The van der Waals surface area contributed by atoms with E-state index >= 15 is 0 Å². The summed E-state index contributed by atoms with van der Waals surface area (Å²) in [5.74, 6) is 0.915. The van der Waals surface area contributed by atoms with Crippen LogP contribution in [0.25, 0.3) is 0 Å². The first-order chi connectivity index (χ1) is 10.2. The van der Waals surface area contributed by atoms with Crippen molar-refractivity contribution in [1.29, 1.82) is 0 Å². The normalized spacial score (nSPS) is 27.2. The summed E-state index contributed by atoms with van der Waals surface area (Å²) in [6.45, 7) is 4.74. The number of nitrogens with zero attached hydrogens (tertiary/aromatic N) is 3. The average molecular weight is 290 g/mol. The number of aryl methyl sites for hydroxylation is 1. The molecular formula is C16H26N4O. The first-order valence-corrected chi connectivity index (χ1v) is 8.25. The Balaban J connectivity index is 1.56. The molecule has 0 unspecified atom stereocenters. The highest BCUT2D eigenvalue weighted by Crippen LogP contribution is 2.31. The fourth-order valence-corrected chi connectivity index (χ4v) is 3.73. The van der Waals surface area contributed by atoms with Gasteiger partial charge in [0.25, 0.3) is 0 Å². The average Bonchev–Trinajstić information content (AvgIpc) is 3.15. The van der Waals surface area contributed by atoms with Crippen LogP contribution in [-0.4, -0.2) is 39.7 Å². The van der Waals surface area contributed by atoms with Crippen molar-refractivity contribution in [3.05, 3.63) is 18.0 Å². The molecular weight excluding hydrogens is 264 g/mol. The lowest BCUT2D eigenvalue weighted by molar-refractivity contribution is -0.136. The number of likely N-dealkylation sites (tertiary alicyclic amines) is 1. The van der Waals surface area contributed by atoms with Crippen molar-refractivity contribution in [1.82, 2.24) is 14.7 Å². The summed E-state index contributed by atoms with van der Waals surface area (Å²) in [5.41, 5.74) is 7.39. The Bertz CT molecular complexity index is 490. The summed E-state index contributed by atoms with van der Waals surface area (Å²) >= 11 is 0. The number of rotatable bonds is 3. The Kier molecular flexibility index (Phi) is 4.29. The van der Waals surface area contributed by atoms with Crippen molar-refractivity contribution in [2.24, 2.45) is 11.7 Å². The first kappa shape index (κ1) is 14.6. The summed E-state index contributed by atoms with van der Waals surface area (Å²) in [6.07, 6.45) is 9.30. The fourth-order valence-electron chi connectivity index (χ4n) is 3.73. The predicted octanol–water partition coefficient (Wildman–Crippen LogP) is 1.74. The van der Waals surface area contributed by atoms with Crippen LogP contribution in [0.2, 0.25) is 0 Å². The van der Waals surface area contributed by atoms with Crippen molar-refractivity contribution in [2.45, 2.75) is 57.5 Å². The number of amides is 1. The molecule has 0 radical (unpaired) electrons. The van der Waals surface area contributed by atoms with Crippen LogP contribution < -0.4 is 5.73 Å². The summed E-state index contributed by atoms with van der Waals surface area (Å²) < 4.78 is 1.98. The lowest BCUT2D eigenvalue weighted by Crippen LogP contribution is -2.45. The molecule has 2 aliphatic rings. The molecule has 3 rings (SSSR count). The van der Waals surface area contributed by atoms with Crippen molar-refractivity contribution in [3.63, 3.8) is 0 Å². The molecule has 0 spiro atoms. The van der Waals surface area contributed by atoms with Gasteiger partial charge < -0.3 is 10.6 Å². The molecule has 21 heavy (non-hydrogen) atoms. The molecule has 0 aromatic carbocycles. The number of aromatic nitrogens is 2. The van der Waals surface area contributed by atoms with Crippen LogP contribution in [0.1, 0.15) is 50.5 Å². The van der Waals surface area contributed by atoms with Gasteiger partial charge in [0.2, 0.25) is 5.91 Å². The maximum atomic E-state index is 12.5. The van der Waals surface area contributed by atoms with Crippen LogP contribution in [0.5, 0.6) is 0 Å². The quantitative estimate of drug-likeness (QED) is 0.922. The number of nitrogens with two attached hydrogens (primary N) is 1. The van der Waals surface area contributed by atoms with E-state index in [0.717, 1.165) is 51.7 Å². The van der Waals surface area contributed by atoms with E-state index in [1.54, 1.807) is 0 Å². The smallest absolute Gasteiger partial charge is 0.227 e. The van der Waals surface area contributed by atoms with Crippen molar-refractivity contribution >= 4 is 5.91 Å². The van der Waals surface area contributed by atoms with E-state index in [4.69, 9.17) is 5.73 Å². The second-order valence-electron chi connectivity index (χ2n) is 6.43. The van der Waals surface area contributed by atoms with Crippen LogP contribution in [0.15, 0.2) is 12.4 Å². The Morgan fingerprint density at radius 1 is 1.33 bits per heavy atom. The molecule has 1 saturated heterocycles. The number of hydrogen-bond donors (Lipinski definition) is 1. The van der Waals surface area contributed by atoms with E-state index in [1.807, 2.05) is 15.8 Å². The zero-order valence-electron chi connectivity index (χ0n) is 12.9. The molecule has 116 valence electrons. The van der Waals surface area contributed by atoms with Gasteiger partial charge in [-0.05, 0) is 44.1 Å². The van der Waals surface area contributed by atoms with Gasteiger partial charge in [-0.1, -0.05) is 6.42 Å². The predicted molar refractivity (Wildman–Crippen MR) is 81.8 cm³/mol. The van der Waals surface area contributed by atoms with Crippen molar-refractivity contribution in [3.8, 4) is 0 Å². The van der Waals surface area contributed by atoms with Crippen LogP contribution >= 0.6 is 0 Å². The zero-order valence-corrected chi connectivity index (χ0v) is 12.9. The number of hydrogen-bond acceptors (Lipinski definition) is 3. The minimum atomic E-state index is 0.0735. The monoisotopic (exact) mass is 290 g/mol. The van der Waals surface area contributed by atoms with Gasteiger partial charge in [0.1, 0.15) is 0 Å². The van der Waals surface area contributed by atoms with E-state index in [0.29, 0.717) is 11.8 Å². The number of carbonyl (C=O) groups is 1. The minimum Gasteiger partial charge on any atom is -0.342 e. The van der Waals surface area contributed by atoms with Crippen LogP contribution in [0.3, 0.4) is 0 Å². The molecule has 1 amide bonds. The van der Waals surface area contributed by atoms with E-state index in [1.165, 1.54) is 5.56 Å². The molecule has 2 heterocycles. The van der Waals surface area contributed by atoms with Gasteiger partial charge in [-0.15, -0.1) is 0 Å². The second kappa shape index (κ2) is 6.18. The molecule has 2 atom stereocenters. The number of piperidine rings is 1. The standard InChI is InChI=1S/C16H26N4O/c1-2-20-11-13(10-18-20)12-6-8-19(9-7-12)16(21)14-4-3-5-15(14)17/h10-12,14-15H,2-9,17H2,1H3/t14-,15-/m0/s1. The molecule has 5 heteroatoms. The third kappa shape index (κ3) is 2.98. The van der Waals surface area contributed by atoms with Gasteiger partial charge in [-0.25, -0.2) is 0 Å². The van der Waals surface area contributed by atoms with E-state index in [2.05, 4.69) is 18.2 Å². The summed E-state index contributed by atoms with van der Waals surface area (Å²) in [4.78, 5) is 14.6. The Hall–Kier alpha value is -1.36.